The number of hydrogen-bond donors (Lipinski definition) is 0. The van der Waals surface area contributed by atoms with Crippen molar-refractivity contribution in [1.82, 2.24) is 0 Å². The smallest absolute Gasteiger partial charge is 0.0273 e. The first-order valence-corrected chi connectivity index (χ1v) is 4.77. The Kier molecular flexibility index (Phi) is 7.54. The average molecular weight is 155 g/mol. The van der Waals surface area contributed by atoms with E-state index in [1.165, 1.54) is 32.1 Å². The van der Waals surface area contributed by atoms with E-state index in [4.69, 9.17) is 0 Å². The SMILES string of the molecule is CCCCCC(/C=N\C)CC. The average Bonchev–Trinajstić information content (AvgIpc) is 2.03. The lowest BCUT2D eigenvalue weighted by molar-refractivity contribution is 0.558. The molecule has 0 bridgehead atoms. The second kappa shape index (κ2) is 7.77. The van der Waals surface area contributed by atoms with E-state index in [-0.39, 0.29) is 0 Å². The highest BCUT2D eigenvalue weighted by Gasteiger charge is 2.00. The molecule has 66 valence electrons. The lowest BCUT2D eigenvalue weighted by Crippen LogP contribution is -1.99. The van der Waals surface area contributed by atoms with Gasteiger partial charge in [0.15, 0.2) is 0 Å². The second-order valence-corrected chi connectivity index (χ2v) is 3.07. The molecular weight excluding hydrogens is 134 g/mol. The number of unbranched alkanes of at least 4 members (excludes halogenated alkanes) is 2. The van der Waals surface area contributed by atoms with Crippen LogP contribution in [0.25, 0.3) is 0 Å². The van der Waals surface area contributed by atoms with E-state index in [9.17, 15) is 0 Å². The summed E-state index contributed by atoms with van der Waals surface area (Å²) in [6, 6.07) is 0. The zero-order valence-corrected chi connectivity index (χ0v) is 8.14. The van der Waals surface area contributed by atoms with Crippen LogP contribution in [-0.4, -0.2) is 13.3 Å². The molecular formula is C10H21N. The summed E-state index contributed by atoms with van der Waals surface area (Å²) in [7, 11) is 1.86. The van der Waals surface area contributed by atoms with Gasteiger partial charge in [-0.25, -0.2) is 0 Å². The standard InChI is InChI=1S/C10H21N/c1-4-6-7-8-10(5-2)9-11-3/h9-10H,4-8H2,1-3H3/b11-9-. The van der Waals surface area contributed by atoms with E-state index in [0.29, 0.717) is 0 Å². The third-order valence-corrected chi connectivity index (χ3v) is 2.06. The van der Waals surface area contributed by atoms with Gasteiger partial charge in [0.25, 0.3) is 0 Å². The molecule has 0 radical (unpaired) electrons. The second-order valence-electron chi connectivity index (χ2n) is 3.07. The molecule has 0 aromatic heterocycles. The number of nitrogens with zero attached hydrogens (tertiary/aromatic N) is 1. The minimum atomic E-state index is 0.728. The first kappa shape index (κ1) is 10.7. The summed E-state index contributed by atoms with van der Waals surface area (Å²) in [5, 5.41) is 0. The molecule has 1 heteroatoms. The van der Waals surface area contributed by atoms with Crippen LogP contribution in [0.3, 0.4) is 0 Å². The number of hydrogen-bond acceptors (Lipinski definition) is 1. The van der Waals surface area contributed by atoms with Gasteiger partial charge in [-0.1, -0.05) is 33.1 Å². The third kappa shape index (κ3) is 6.08. The molecule has 0 saturated carbocycles. The molecule has 0 aromatic rings. The van der Waals surface area contributed by atoms with Gasteiger partial charge < -0.3 is 4.99 Å². The zero-order valence-electron chi connectivity index (χ0n) is 8.14. The van der Waals surface area contributed by atoms with Crippen molar-refractivity contribution in [1.29, 1.82) is 0 Å². The summed E-state index contributed by atoms with van der Waals surface area (Å²) >= 11 is 0. The fourth-order valence-electron chi connectivity index (χ4n) is 1.25. The number of rotatable bonds is 6. The first-order valence-electron chi connectivity index (χ1n) is 4.77. The highest BCUT2D eigenvalue weighted by molar-refractivity contribution is 5.60. The van der Waals surface area contributed by atoms with Crippen LogP contribution in [0.2, 0.25) is 0 Å². The van der Waals surface area contributed by atoms with Crippen LogP contribution in [0.4, 0.5) is 0 Å². The monoisotopic (exact) mass is 155 g/mol. The van der Waals surface area contributed by atoms with E-state index in [0.717, 1.165) is 5.92 Å². The van der Waals surface area contributed by atoms with Crippen LogP contribution in [0.1, 0.15) is 46.0 Å². The minimum absolute atomic E-state index is 0.728. The Morgan fingerprint density at radius 1 is 1.27 bits per heavy atom. The maximum absolute atomic E-state index is 4.06. The van der Waals surface area contributed by atoms with E-state index < -0.39 is 0 Å². The molecule has 0 amide bonds. The molecule has 0 heterocycles. The predicted octanol–water partition coefficient (Wildman–Crippen LogP) is 3.29. The van der Waals surface area contributed by atoms with Crippen molar-refractivity contribution in [2.45, 2.75) is 46.0 Å². The molecule has 0 fully saturated rings. The van der Waals surface area contributed by atoms with Crippen LogP contribution in [-0.2, 0) is 0 Å². The van der Waals surface area contributed by atoms with Gasteiger partial charge in [-0.15, -0.1) is 0 Å². The van der Waals surface area contributed by atoms with Gasteiger partial charge >= 0.3 is 0 Å². The quantitative estimate of drug-likeness (QED) is 0.412. The van der Waals surface area contributed by atoms with Crippen LogP contribution in [0.15, 0.2) is 4.99 Å². The Hall–Kier alpha value is -0.330. The van der Waals surface area contributed by atoms with E-state index >= 15 is 0 Å². The molecule has 0 saturated heterocycles. The Bertz CT molecular complexity index is 97.0. The van der Waals surface area contributed by atoms with Crippen LogP contribution >= 0.6 is 0 Å². The minimum Gasteiger partial charge on any atom is -0.301 e. The molecule has 1 nitrogen and oxygen atoms in total. The summed E-state index contributed by atoms with van der Waals surface area (Å²) in [6.07, 6.45) is 8.70. The van der Waals surface area contributed by atoms with Crippen molar-refractivity contribution >= 4 is 6.21 Å². The van der Waals surface area contributed by atoms with Crippen molar-refractivity contribution in [3.05, 3.63) is 0 Å². The summed E-state index contributed by atoms with van der Waals surface area (Å²) in [4.78, 5) is 4.06. The van der Waals surface area contributed by atoms with E-state index in [1.54, 1.807) is 0 Å². The highest BCUT2D eigenvalue weighted by Crippen LogP contribution is 2.10. The Labute approximate surface area is 70.9 Å². The zero-order chi connectivity index (χ0) is 8.53. The van der Waals surface area contributed by atoms with Gasteiger partial charge in [0.05, 0.1) is 0 Å². The molecule has 0 aromatic carbocycles. The molecule has 0 aliphatic carbocycles. The number of aliphatic imine (C=N–C) groups is 1. The van der Waals surface area contributed by atoms with Gasteiger partial charge in [-0.3, -0.25) is 0 Å². The van der Waals surface area contributed by atoms with E-state index in [1.807, 2.05) is 7.05 Å². The van der Waals surface area contributed by atoms with Crippen molar-refractivity contribution in [2.24, 2.45) is 10.9 Å². The molecule has 1 atom stereocenters. The molecule has 0 aliphatic rings. The fraction of sp³-hybridized carbons (Fsp3) is 0.900. The van der Waals surface area contributed by atoms with Crippen LogP contribution < -0.4 is 0 Å². The van der Waals surface area contributed by atoms with E-state index in [2.05, 4.69) is 25.1 Å². The summed E-state index contributed by atoms with van der Waals surface area (Å²) in [6.45, 7) is 4.48. The fourth-order valence-corrected chi connectivity index (χ4v) is 1.25. The van der Waals surface area contributed by atoms with Crippen molar-refractivity contribution in [2.75, 3.05) is 7.05 Å². The Morgan fingerprint density at radius 2 is 2.00 bits per heavy atom. The summed E-state index contributed by atoms with van der Waals surface area (Å²) in [5.74, 6) is 0.728. The van der Waals surface area contributed by atoms with Crippen LogP contribution in [0, 0.1) is 5.92 Å². The third-order valence-electron chi connectivity index (χ3n) is 2.06. The summed E-state index contributed by atoms with van der Waals surface area (Å²) < 4.78 is 0. The molecule has 0 rings (SSSR count). The lowest BCUT2D eigenvalue weighted by atomic mass is 10.0. The molecule has 1 unspecified atom stereocenters. The molecule has 11 heavy (non-hydrogen) atoms. The van der Waals surface area contributed by atoms with Crippen LogP contribution in [0.5, 0.6) is 0 Å². The first-order chi connectivity index (χ1) is 5.35. The maximum atomic E-state index is 4.06. The van der Waals surface area contributed by atoms with Gasteiger partial charge in [-0.2, -0.15) is 0 Å². The Balaban J connectivity index is 3.36. The van der Waals surface area contributed by atoms with Crippen molar-refractivity contribution in [3.8, 4) is 0 Å². The molecule has 0 spiro atoms. The predicted molar refractivity (Wildman–Crippen MR) is 52.3 cm³/mol. The van der Waals surface area contributed by atoms with Gasteiger partial charge in [0.1, 0.15) is 0 Å². The lowest BCUT2D eigenvalue weighted by Gasteiger charge is -2.07. The van der Waals surface area contributed by atoms with Gasteiger partial charge in [-0.05, 0) is 18.8 Å². The summed E-state index contributed by atoms with van der Waals surface area (Å²) in [5.41, 5.74) is 0. The molecule has 0 N–H and O–H groups in total. The van der Waals surface area contributed by atoms with Gasteiger partial charge in [0.2, 0.25) is 0 Å². The topological polar surface area (TPSA) is 12.4 Å². The normalized spacial score (nSPS) is 14.1. The maximum Gasteiger partial charge on any atom is 0.0273 e. The highest BCUT2D eigenvalue weighted by atomic mass is 14.6. The van der Waals surface area contributed by atoms with Crippen molar-refractivity contribution < 1.29 is 0 Å². The largest absolute Gasteiger partial charge is 0.301 e. The molecule has 0 aliphatic heterocycles. The van der Waals surface area contributed by atoms with Crippen molar-refractivity contribution in [3.63, 3.8) is 0 Å². The Morgan fingerprint density at radius 3 is 2.45 bits per heavy atom. The van der Waals surface area contributed by atoms with Gasteiger partial charge in [0, 0.05) is 13.3 Å².